The molecular weight excluding hydrogens is 807 g/mol. The third-order valence-corrected chi connectivity index (χ3v) is 13.4. The molecule has 312 valence electrons. The van der Waals surface area contributed by atoms with Crippen molar-refractivity contribution in [1.29, 1.82) is 0 Å². The molecule has 1 atom stereocenters. The summed E-state index contributed by atoms with van der Waals surface area (Å²) in [7, 11) is -0.313. The van der Waals surface area contributed by atoms with Crippen LogP contribution in [-0.2, 0) is 16.6 Å². The first-order chi connectivity index (χ1) is 29.6. The third-order valence-electron chi connectivity index (χ3n) is 10.9. The summed E-state index contributed by atoms with van der Waals surface area (Å²) >= 11 is 1.66. The Balaban J connectivity index is 0.933. The van der Waals surface area contributed by atoms with Crippen LogP contribution >= 0.6 is 11.8 Å². The minimum absolute atomic E-state index is 0.0909. The fraction of sp³-hybridized carbons (Fsp3) is 0.239. The predicted molar refractivity (Wildman–Crippen MR) is 246 cm³/mol. The fourth-order valence-electron chi connectivity index (χ4n) is 7.57. The Morgan fingerprint density at radius 3 is 2.41 bits per heavy atom. The second-order valence-corrected chi connectivity index (χ2v) is 18.1. The zero-order valence-electron chi connectivity index (χ0n) is 34.0. The minimum Gasteiger partial charge on any atom is -0.376 e. The van der Waals surface area contributed by atoms with E-state index in [0.29, 0.717) is 16.7 Å². The maximum Gasteiger partial charge on any atom is 0.293 e. The summed E-state index contributed by atoms with van der Waals surface area (Å²) in [6.45, 7) is 4.92. The lowest BCUT2D eigenvalue weighted by Gasteiger charge is -2.36. The summed E-state index contributed by atoms with van der Waals surface area (Å²) in [6, 6.07) is 38.4. The number of hydrogen-bond acceptors (Lipinski definition) is 12. The van der Waals surface area contributed by atoms with Crippen LogP contribution in [0.15, 0.2) is 144 Å². The van der Waals surface area contributed by atoms with Crippen LogP contribution in [-0.4, -0.2) is 96.7 Å². The SMILES string of the molecule is CN(C)CCC(CSc1ccccc1)Nc1ccc(S(=O)(=O)Nc2ncnc3cc(N4CCN(Cc5ccccc5-c5cnc6ccccc6c5)CC4)ccc23)cc1[N+](=O)[O-]. The summed E-state index contributed by atoms with van der Waals surface area (Å²) in [5.74, 6) is 0.754. The quantitative estimate of drug-likeness (QED) is 0.0546. The van der Waals surface area contributed by atoms with Crippen LogP contribution < -0.4 is 14.9 Å². The Kier molecular flexibility index (Phi) is 12.7. The molecule has 2 aromatic heterocycles. The van der Waals surface area contributed by atoms with Crippen molar-refractivity contribution in [2.24, 2.45) is 0 Å². The van der Waals surface area contributed by atoms with Gasteiger partial charge in [0.15, 0.2) is 5.82 Å². The molecule has 1 unspecified atom stereocenters. The number of fused-ring (bicyclic) bond motifs is 2. The Morgan fingerprint density at radius 2 is 1.61 bits per heavy atom. The van der Waals surface area contributed by atoms with Gasteiger partial charge in [-0.1, -0.05) is 60.7 Å². The van der Waals surface area contributed by atoms with Gasteiger partial charge in [-0.2, -0.15) is 0 Å². The highest BCUT2D eigenvalue weighted by Crippen LogP contribution is 2.33. The molecule has 0 saturated carbocycles. The number of nitro benzene ring substituents is 1. The molecule has 0 radical (unpaired) electrons. The van der Waals surface area contributed by atoms with Gasteiger partial charge in [0.1, 0.15) is 12.0 Å². The summed E-state index contributed by atoms with van der Waals surface area (Å²) in [5.41, 5.74) is 6.01. The lowest BCUT2D eigenvalue weighted by molar-refractivity contribution is -0.384. The molecule has 1 aliphatic rings. The summed E-state index contributed by atoms with van der Waals surface area (Å²) in [6.07, 6.45) is 4.00. The molecule has 8 rings (SSSR count). The van der Waals surface area contributed by atoms with Gasteiger partial charge in [-0.3, -0.25) is 24.7 Å². The monoisotopic (exact) mass is 853 g/mol. The van der Waals surface area contributed by atoms with Crippen molar-refractivity contribution in [2.45, 2.75) is 28.8 Å². The van der Waals surface area contributed by atoms with Gasteiger partial charge in [0.25, 0.3) is 15.7 Å². The molecule has 0 aliphatic carbocycles. The minimum atomic E-state index is -4.27. The van der Waals surface area contributed by atoms with Gasteiger partial charge in [-0.25, -0.2) is 18.4 Å². The normalized spacial score (nSPS) is 14.0. The second kappa shape index (κ2) is 18.6. The van der Waals surface area contributed by atoms with Crippen molar-refractivity contribution in [2.75, 3.05) is 67.5 Å². The number of benzene rings is 5. The first-order valence-electron chi connectivity index (χ1n) is 20.2. The highest BCUT2D eigenvalue weighted by atomic mass is 32.2. The molecule has 2 N–H and O–H groups in total. The zero-order chi connectivity index (χ0) is 42.3. The number of nitro groups is 1. The number of anilines is 3. The Bertz CT molecular complexity index is 2770. The predicted octanol–water partition coefficient (Wildman–Crippen LogP) is 8.40. The molecule has 0 amide bonds. The number of nitrogens with one attached hydrogen (secondary N) is 2. The summed E-state index contributed by atoms with van der Waals surface area (Å²) in [4.78, 5) is 32.9. The van der Waals surface area contributed by atoms with Crippen LogP contribution in [0.1, 0.15) is 12.0 Å². The van der Waals surface area contributed by atoms with E-state index in [1.165, 1.54) is 29.6 Å². The number of aromatic nitrogens is 3. The van der Waals surface area contributed by atoms with E-state index in [1.54, 1.807) is 11.8 Å². The topological polar surface area (TPSA) is 150 Å². The molecule has 5 aromatic carbocycles. The van der Waals surface area contributed by atoms with Crippen molar-refractivity contribution in [3.63, 3.8) is 0 Å². The average Bonchev–Trinajstić information content (AvgIpc) is 3.27. The molecule has 3 heterocycles. The Morgan fingerprint density at radius 1 is 0.836 bits per heavy atom. The van der Waals surface area contributed by atoms with Gasteiger partial charge in [-0.05, 0) is 92.8 Å². The molecule has 7 aromatic rings. The molecule has 1 aliphatic heterocycles. The van der Waals surface area contributed by atoms with Gasteiger partial charge in [-0.15, -0.1) is 11.8 Å². The number of thioether (sulfide) groups is 1. The number of rotatable bonds is 16. The second-order valence-electron chi connectivity index (χ2n) is 15.4. The number of hydrogen-bond donors (Lipinski definition) is 2. The molecule has 0 bridgehead atoms. The van der Waals surface area contributed by atoms with Crippen LogP contribution in [0, 0.1) is 10.1 Å². The standard InChI is InChI=1S/C46H47N9O4S2/c1-52(2)21-20-36(31-60-38-12-4-3-5-13-38)50-43-19-17-39(28-45(43)55(56)57)61(58,59)51-46-41-18-16-37(27-44(41)48-32-49-46)54-24-22-53(23-25-54)30-34-11-6-8-14-40(34)35-26-33-10-7-9-15-42(33)47-29-35/h3-19,26-29,32,36,50H,20-25,30-31H2,1-2H3,(H,48,49,51). The number of pyridine rings is 1. The van der Waals surface area contributed by atoms with Crippen LogP contribution in [0.3, 0.4) is 0 Å². The number of para-hydroxylation sites is 1. The van der Waals surface area contributed by atoms with Crippen LogP contribution in [0.5, 0.6) is 0 Å². The summed E-state index contributed by atoms with van der Waals surface area (Å²) < 4.78 is 30.1. The van der Waals surface area contributed by atoms with Gasteiger partial charge in [0.2, 0.25) is 0 Å². The number of piperazine rings is 1. The van der Waals surface area contributed by atoms with E-state index in [2.05, 4.69) is 71.1 Å². The Hall–Kier alpha value is -6.13. The lowest BCUT2D eigenvalue weighted by atomic mass is 9.99. The highest BCUT2D eigenvalue weighted by Gasteiger charge is 2.25. The Labute approximate surface area is 360 Å². The van der Waals surface area contributed by atoms with E-state index in [4.69, 9.17) is 4.98 Å². The molecule has 13 nitrogen and oxygen atoms in total. The molecule has 1 saturated heterocycles. The average molecular weight is 854 g/mol. The fourth-order valence-corrected chi connectivity index (χ4v) is 9.61. The van der Waals surface area contributed by atoms with Gasteiger partial charge in [0.05, 0.1) is 20.9 Å². The molecule has 0 spiro atoms. The first-order valence-corrected chi connectivity index (χ1v) is 22.6. The van der Waals surface area contributed by atoms with Crippen molar-refractivity contribution in [3.05, 3.63) is 150 Å². The molecular formula is C46H47N9O4S2. The van der Waals surface area contributed by atoms with Crippen LogP contribution in [0.25, 0.3) is 32.9 Å². The zero-order valence-corrected chi connectivity index (χ0v) is 35.6. The van der Waals surface area contributed by atoms with E-state index in [1.807, 2.05) is 87.0 Å². The summed E-state index contributed by atoms with van der Waals surface area (Å²) in [5, 5.41) is 17.3. The maximum absolute atomic E-state index is 13.8. The number of nitrogens with zero attached hydrogens (tertiary/aromatic N) is 7. The van der Waals surface area contributed by atoms with Crippen molar-refractivity contribution < 1.29 is 13.3 Å². The largest absolute Gasteiger partial charge is 0.376 e. The molecule has 61 heavy (non-hydrogen) atoms. The molecule has 1 fully saturated rings. The first kappa shape index (κ1) is 41.6. The van der Waals surface area contributed by atoms with Gasteiger partial charge < -0.3 is 15.1 Å². The van der Waals surface area contributed by atoms with E-state index in [-0.39, 0.29) is 28.1 Å². The third kappa shape index (κ3) is 10.1. The van der Waals surface area contributed by atoms with Crippen LogP contribution in [0.4, 0.5) is 22.9 Å². The van der Waals surface area contributed by atoms with Gasteiger partial charge >= 0.3 is 0 Å². The highest BCUT2D eigenvalue weighted by molar-refractivity contribution is 7.99. The van der Waals surface area contributed by atoms with Crippen molar-refractivity contribution in [1.82, 2.24) is 24.8 Å². The van der Waals surface area contributed by atoms with Gasteiger partial charge in [0, 0.05) is 83.7 Å². The lowest BCUT2D eigenvalue weighted by Crippen LogP contribution is -2.46. The number of sulfonamides is 1. The van der Waals surface area contributed by atoms with E-state index < -0.39 is 14.9 Å². The van der Waals surface area contributed by atoms with Crippen molar-refractivity contribution in [3.8, 4) is 11.1 Å². The van der Waals surface area contributed by atoms with E-state index >= 15 is 0 Å². The smallest absolute Gasteiger partial charge is 0.293 e. The maximum atomic E-state index is 13.8. The molecule has 15 heteroatoms. The van der Waals surface area contributed by atoms with E-state index in [9.17, 15) is 18.5 Å². The van der Waals surface area contributed by atoms with Crippen LogP contribution in [0.2, 0.25) is 0 Å². The van der Waals surface area contributed by atoms with E-state index in [0.717, 1.165) is 78.8 Å². The van der Waals surface area contributed by atoms with Crippen molar-refractivity contribution >= 4 is 66.5 Å².